The highest BCUT2D eigenvalue weighted by Crippen LogP contribution is 2.27. The molecular weight excluding hydrogens is 302 g/mol. The van der Waals surface area contributed by atoms with Crippen LogP contribution in [0.1, 0.15) is 21.5 Å². The van der Waals surface area contributed by atoms with Crippen molar-refractivity contribution in [2.45, 2.75) is 13.8 Å². The van der Waals surface area contributed by atoms with Gasteiger partial charge in [0, 0.05) is 17.1 Å². The van der Waals surface area contributed by atoms with Gasteiger partial charge in [-0.25, -0.2) is 0 Å². The quantitative estimate of drug-likeness (QED) is 0.806. The molecule has 0 unspecified atom stereocenters. The molecule has 0 saturated heterocycles. The third-order valence-corrected chi connectivity index (χ3v) is 3.88. The van der Waals surface area contributed by atoms with Crippen molar-refractivity contribution in [2.24, 2.45) is 0 Å². The van der Waals surface area contributed by atoms with Gasteiger partial charge in [-0.15, -0.1) is 0 Å². The van der Waals surface area contributed by atoms with Crippen LogP contribution in [0.3, 0.4) is 0 Å². The van der Waals surface area contributed by atoms with E-state index in [-0.39, 0.29) is 5.91 Å². The molecule has 0 heterocycles. The number of halogens is 1. The Morgan fingerprint density at radius 3 is 2.16 bits per heavy atom. The first-order chi connectivity index (χ1) is 9.02. The second-order valence-corrected chi connectivity index (χ2v) is 5.44. The summed E-state index contributed by atoms with van der Waals surface area (Å²) in [6.45, 7) is 3.93. The van der Waals surface area contributed by atoms with E-state index in [2.05, 4.69) is 15.9 Å². The Morgan fingerprint density at radius 2 is 1.58 bits per heavy atom. The Hall–Kier alpha value is -1.61. The normalized spacial score (nSPS) is 10.3. The third kappa shape index (κ3) is 2.71. The predicted octanol–water partition coefficient (Wildman–Crippen LogP) is 4.34. The smallest absolute Gasteiger partial charge is 0.258 e. The summed E-state index contributed by atoms with van der Waals surface area (Å²) in [6, 6.07) is 13.6. The van der Waals surface area contributed by atoms with E-state index in [0.29, 0.717) is 0 Å². The summed E-state index contributed by atoms with van der Waals surface area (Å²) in [6.07, 6.45) is 0. The summed E-state index contributed by atoms with van der Waals surface area (Å²) in [5, 5.41) is 0. The van der Waals surface area contributed by atoms with Crippen molar-refractivity contribution in [2.75, 3.05) is 11.9 Å². The summed E-state index contributed by atoms with van der Waals surface area (Å²) in [7, 11) is 1.80. The molecule has 0 bridgehead atoms. The number of nitrogens with zero attached hydrogens (tertiary/aromatic N) is 1. The number of aryl methyl sites for hydroxylation is 2. The van der Waals surface area contributed by atoms with Crippen LogP contribution >= 0.6 is 15.9 Å². The van der Waals surface area contributed by atoms with Crippen molar-refractivity contribution < 1.29 is 4.79 Å². The van der Waals surface area contributed by atoms with Gasteiger partial charge < -0.3 is 4.90 Å². The van der Waals surface area contributed by atoms with Crippen LogP contribution in [0.5, 0.6) is 0 Å². The molecule has 2 aromatic rings. The van der Waals surface area contributed by atoms with Gasteiger partial charge in [0.25, 0.3) is 5.91 Å². The Bertz CT molecular complexity index is 602. The molecule has 0 aliphatic heterocycles. The van der Waals surface area contributed by atoms with Crippen LogP contribution in [-0.4, -0.2) is 13.0 Å². The van der Waals surface area contributed by atoms with Gasteiger partial charge in [0.15, 0.2) is 0 Å². The maximum atomic E-state index is 12.6. The van der Waals surface area contributed by atoms with Crippen molar-refractivity contribution in [3.8, 4) is 0 Å². The number of anilines is 1. The summed E-state index contributed by atoms with van der Waals surface area (Å²) in [5.41, 5.74) is 3.66. The standard InChI is InChI=1S/C16H16BrNO/c1-11-7-6-8-12(2)15(11)16(19)18(3)14-10-5-4-9-13(14)17/h4-10H,1-3H3. The van der Waals surface area contributed by atoms with Crippen LogP contribution in [0.15, 0.2) is 46.9 Å². The second-order valence-electron chi connectivity index (χ2n) is 4.58. The summed E-state index contributed by atoms with van der Waals surface area (Å²) in [5.74, 6) is 0.0162. The molecule has 0 atom stereocenters. The molecule has 2 nitrogen and oxygen atoms in total. The van der Waals surface area contributed by atoms with E-state index in [9.17, 15) is 4.79 Å². The van der Waals surface area contributed by atoms with Gasteiger partial charge in [0.2, 0.25) is 0 Å². The SMILES string of the molecule is Cc1cccc(C)c1C(=O)N(C)c1ccccc1Br. The minimum atomic E-state index is 0.0162. The minimum Gasteiger partial charge on any atom is -0.310 e. The first-order valence-electron chi connectivity index (χ1n) is 6.11. The number of carbonyl (C=O) groups is 1. The zero-order valence-corrected chi connectivity index (χ0v) is 12.9. The topological polar surface area (TPSA) is 20.3 Å². The summed E-state index contributed by atoms with van der Waals surface area (Å²) >= 11 is 3.48. The van der Waals surface area contributed by atoms with Gasteiger partial charge in [-0.1, -0.05) is 30.3 Å². The van der Waals surface area contributed by atoms with Crippen LogP contribution in [0.4, 0.5) is 5.69 Å². The molecule has 3 heteroatoms. The number of carbonyl (C=O) groups excluding carboxylic acids is 1. The van der Waals surface area contributed by atoms with Crippen molar-refractivity contribution in [1.29, 1.82) is 0 Å². The highest BCUT2D eigenvalue weighted by Gasteiger charge is 2.18. The Balaban J connectivity index is 2.43. The average molecular weight is 318 g/mol. The van der Waals surface area contributed by atoms with E-state index >= 15 is 0 Å². The van der Waals surface area contributed by atoms with Crippen LogP contribution in [0, 0.1) is 13.8 Å². The van der Waals surface area contributed by atoms with E-state index in [1.807, 2.05) is 56.3 Å². The molecule has 0 saturated carbocycles. The monoisotopic (exact) mass is 317 g/mol. The lowest BCUT2D eigenvalue weighted by molar-refractivity contribution is 0.0991. The molecule has 0 fully saturated rings. The number of hydrogen-bond donors (Lipinski definition) is 0. The molecule has 2 aromatic carbocycles. The fraction of sp³-hybridized carbons (Fsp3) is 0.188. The van der Waals surface area contributed by atoms with E-state index < -0.39 is 0 Å². The van der Waals surface area contributed by atoms with Gasteiger partial charge >= 0.3 is 0 Å². The largest absolute Gasteiger partial charge is 0.310 e. The number of amides is 1. The molecule has 0 aliphatic carbocycles. The molecule has 1 amide bonds. The van der Waals surface area contributed by atoms with Crippen LogP contribution in [0.25, 0.3) is 0 Å². The Labute approximate surface area is 122 Å². The third-order valence-electron chi connectivity index (χ3n) is 3.21. The highest BCUT2D eigenvalue weighted by atomic mass is 79.9. The van der Waals surface area contributed by atoms with Gasteiger partial charge in [0.05, 0.1) is 5.69 Å². The summed E-state index contributed by atoms with van der Waals surface area (Å²) < 4.78 is 0.914. The van der Waals surface area contributed by atoms with Crippen molar-refractivity contribution >= 4 is 27.5 Å². The summed E-state index contributed by atoms with van der Waals surface area (Å²) in [4.78, 5) is 14.3. The first-order valence-corrected chi connectivity index (χ1v) is 6.90. The lowest BCUT2D eigenvalue weighted by Crippen LogP contribution is -2.28. The van der Waals surface area contributed by atoms with Crippen molar-refractivity contribution in [1.82, 2.24) is 0 Å². The molecule has 0 spiro atoms. The van der Waals surface area contributed by atoms with E-state index in [0.717, 1.165) is 26.9 Å². The predicted molar refractivity (Wildman–Crippen MR) is 82.8 cm³/mol. The number of para-hydroxylation sites is 1. The van der Waals surface area contributed by atoms with Crippen LogP contribution in [0.2, 0.25) is 0 Å². The molecule has 0 aliphatic rings. The first kappa shape index (κ1) is 13.8. The van der Waals surface area contributed by atoms with Crippen LogP contribution < -0.4 is 4.90 Å². The lowest BCUT2D eigenvalue weighted by atomic mass is 10.0. The Morgan fingerprint density at radius 1 is 1.00 bits per heavy atom. The molecule has 0 aromatic heterocycles. The fourth-order valence-corrected chi connectivity index (χ4v) is 2.70. The molecule has 0 radical (unpaired) electrons. The zero-order valence-electron chi connectivity index (χ0n) is 11.3. The fourth-order valence-electron chi connectivity index (χ4n) is 2.15. The number of hydrogen-bond acceptors (Lipinski definition) is 1. The van der Waals surface area contributed by atoms with E-state index in [1.165, 1.54) is 0 Å². The van der Waals surface area contributed by atoms with Crippen molar-refractivity contribution in [3.63, 3.8) is 0 Å². The highest BCUT2D eigenvalue weighted by molar-refractivity contribution is 9.10. The average Bonchev–Trinajstić information content (AvgIpc) is 2.38. The molecular formula is C16H16BrNO. The van der Waals surface area contributed by atoms with Gasteiger partial charge in [-0.2, -0.15) is 0 Å². The van der Waals surface area contributed by atoms with Crippen molar-refractivity contribution in [3.05, 3.63) is 63.6 Å². The van der Waals surface area contributed by atoms with Gasteiger partial charge in [-0.3, -0.25) is 4.79 Å². The maximum Gasteiger partial charge on any atom is 0.258 e. The number of rotatable bonds is 2. The minimum absolute atomic E-state index is 0.0162. The lowest BCUT2D eigenvalue weighted by Gasteiger charge is -2.21. The molecule has 98 valence electrons. The van der Waals surface area contributed by atoms with E-state index in [1.54, 1.807) is 11.9 Å². The van der Waals surface area contributed by atoms with E-state index in [4.69, 9.17) is 0 Å². The Kier molecular flexibility index (Phi) is 4.05. The zero-order chi connectivity index (χ0) is 14.0. The van der Waals surface area contributed by atoms with Gasteiger partial charge in [-0.05, 0) is 53.0 Å². The molecule has 2 rings (SSSR count). The molecule has 19 heavy (non-hydrogen) atoms. The van der Waals surface area contributed by atoms with Crippen LogP contribution in [-0.2, 0) is 0 Å². The number of benzene rings is 2. The van der Waals surface area contributed by atoms with Gasteiger partial charge in [0.1, 0.15) is 0 Å². The maximum absolute atomic E-state index is 12.6. The molecule has 0 N–H and O–H groups in total. The second kappa shape index (κ2) is 5.57.